The number of carbonyl (C=O) groups excluding carboxylic acids is 1. The van der Waals surface area contributed by atoms with Crippen LogP contribution in [-0.4, -0.2) is 21.1 Å². The summed E-state index contributed by atoms with van der Waals surface area (Å²) in [5, 5.41) is 3.74. The number of amides is 1. The summed E-state index contributed by atoms with van der Waals surface area (Å²) in [6.45, 7) is 0. The summed E-state index contributed by atoms with van der Waals surface area (Å²) < 4.78 is 3.35. The lowest BCUT2D eigenvalue weighted by molar-refractivity contribution is 0.0925. The normalized spacial score (nSPS) is 16.6. The topological polar surface area (TPSA) is 56.0 Å². The minimum atomic E-state index is -0.0762. The molecule has 0 saturated heterocycles. The molecule has 0 spiro atoms. The molecule has 118 valence electrons. The van der Waals surface area contributed by atoms with E-state index in [1.165, 1.54) is 30.3 Å². The Labute approximate surface area is 129 Å². The number of hydrogen-bond donors (Lipinski definition) is 1. The van der Waals surface area contributed by atoms with Crippen LogP contribution in [0.15, 0.2) is 23.1 Å². The third kappa shape index (κ3) is 2.67. The van der Waals surface area contributed by atoms with Crippen molar-refractivity contribution in [3.05, 3.63) is 34.4 Å². The Morgan fingerprint density at radius 3 is 2.55 bits per heavy atom. The van der Waals surface area contributed by atoms with E-state index in [1.54, 1.807) is 19.3 Å². The number of fused-ring (bicyclic) bond motifs is 1. The Bertz CT molecular complexity index is 749. The van der Waals surface area contributed by atoms with E-state index in [-0.39, 0.29) is 17.5 Å². The number of nitrogens with one attached hydrogen (secondary N) is 1. The van der Waals surface area contributed by atoms with Crippen LogP contribution in [0.3, 0.4) is 0 Å². The molecule has 0 aromatic carbocycles. The Hall–Kier alpha value is -2.04. The van der Waals surface area contributed by atoms with Gasteiger partial charge in [0.25, 0.3) is 11.5 Å². The second-order valence-corrected chi connectivity index (χ2v) is 6.28. The number of nitrogens with zero attached hydrogens (tertiary/aromatic N) is 2. The highest BCUT2D eigenvalue weighted by Gasteiger charge is 2.19. The first-order valence-corrected chi connectivity index (χ1v) is 8.04. The summed E-state index contributed by atoms with van der Waals surface area (Å²) in [4.78, 5) is 24.7. The van der Waals surface area contributed by atoms with Crippen molar-refractivity contribution in [1.29, 1.82) is 0 Å². The molecule has 0 aliphatic heterocycles. The third-order valence-electron chi connectivity index (χ3n) is 4.71. The largest absolute Gasteiger partial charge is 0.348 e. The van der Waals surface area contributed by atoms with Gasteiger partial charge in [0.2, 0.25) is 0 Å². The molecule has 1 fully saturated rings. The molecular formula is C17H23N3O2. The molecule has 22 heavy (non-hydrogen) atoms. The van der Waals surface area contributed by atoms with Crippen LogP contribution in [0.25, 0.3) is 10.9 Å². The van der Waals surface area contributed by atoms with Crippen molar-refractivity contribution in [3.8, 4) is 0 Å². The van der Waals surface area contributed by atoms with Crippen molar-refractivity contribution in [1.82, 2.24) is 14.5 Å². The van der Waals surface area contributed by atoms with Crippen molar-refractivity contribution in [2.75, 3.05) is 0 Å². The zero-order valence-corrected chi connectivity index (χ0v) is 13.3. The van der Waals surface area contributed by atoms with Crippen LogP contribution < -0.4 is 10.9 Å². The number of rotatable bonds is 2. The van der Waals surface area contributed by atoms with Gasteiger partial charge in [-0.3, -0.25) is 9.59 Å². The molecule has 3 rings (SSSR count). The number of aryl methyl sites for hydroxylation is 2. The first kappa shape index (κ1) is 14.9. The number of hydrogen-bond acceptors (Lipinski definition) is 2. The van der Waals surface area contributed by atoms with Gasteiger partial charge >= 0.3 is 0 Å². The van der Waals surface area contributed by atoms with E-state index in [9.17, 15) is 9.59 Å². The van der Waals surface area contributed by atoms with E-state index in [0.717, 1.165) is 18.4 Å². The zero-order chi connectivity index (χ0) is 15.7. The molecule has 2 heterocycles. The Morgan fingerprint density at radius 2 is 1.86 bits per heavy atom. The predicted molar refractivity (Wildman–Crippen MR) is 87.1 cm³/mol. The SMILES string of the molecule is Cn1ccc2c(cc(C(=O)NC3CCCCCC3)n2C)c1=O. The van der Waals surface area contributed by atoms with Crippen LogP contribution in [0, 0.1) is 0 Å². The fourth-order valence-electron chi connectivity index (χ4n) is 3.33. The number of pyridine rings is 1. The molecule has 1 aliphatic carbocycles. The third-order valence-corrected chi connectivity index (χ3v) is 4.71. The summed E-state index contributed by atoms with van der Waals surface area (Å²) in [7, 11) is 3.56. The van der Waals surface area contributed by atoms with Gasteiger partial charge in [-0.15, -0.1) is 0 Å². The first-order chi connectivity index (χ1) is 10.6. The molecule has 0 atom stereocenters. The maximum atomic E-state index is 12.6. The molecule has 1 saturated carbocycles. The molecule has 0 bridgehead atoms. The van der Waals surface area contributed by atoms with Gasteiger partial charge < -0.3 is 14.5 Å². The maximum absolute atomic E-state index is 12.6. The molecule has 1 aliphatic rings. The molecule has 5 heteroatoms. The summed E-state index contributed by atoms with van der Waals surface area (Å²) >= 11 is 0. The lowest BCUT2D eigenvalue weighted by atomic mass is 10.1. The van der Waals surface area contributed by atoms with Gasteiger partial charge in [-0.25, -0.2) is 0 Å². The lowest BCUT2D eigenvalue weighted by Crippen LogP contribution is -2.35. The lowest BCUT2D eigenvalue weighted by Gasteiger charge is -2.16. The number of carbonyl (C=O) groups is 1. The fraction of sp³-hybridized carbons (Fsp3) is 0.529. The molecule has 5 nitrogen and oxygen atoms in total. The molecule has 1 N–H and O–H groups in total. The van der Waals surface area contributed by atoms with Crippen LogP contribution in [0.5, 0.6) is 0 Å². The molecular weight excluding hydrogens is 278 g/mol. The Kier molecular flexibility index (Phi) is 4.05. The highest BCUT2D eigenvalue weighted by atomic mass is 16.2. The van der Waals surface area contributed by atoms with Crippen LogP contribution >= 0.6 is 0 Å². The van der Waals surface area contributed by atoms with E-state index < -0.39 is 0 Å². The highest BCUT2D eigenvalue weighted by molar-refractivity contribution is 5.98. The number of aromatic nitrogens is 2. The second kappa shape index (κ2) is 5.99. The van der Waals surface area contributed by atoms with Crippen molar-refractivity contribution in [2.24, 2.45) is 14.1 Å². The van der Waals surface area contributed by atoms with Crippen molar-refractivity contribution in [3.63, 3.8) is 0 Å². The smallest absolute Gasteiger partial charge is 0.268 e. The van der Waals surface area contributed by atoms with Crippen LogP contribution in [-0.2, 0) is 14.1 Å². The minimum absolute atomic E-state index is 0.0679. The van der Waals surface area contributed by atoms with Gasteiger partial charge in [-0.1, -0.05) is 25.7 Å². The Morgan fingerprint density at radius 1 is 1.18 bits per heavy atom. The van der Waals surface area contributed by atoms with E-state index >= 15 is 0 Å². The van der Waals surface area contributed by atoms with Crippen molar-refractivity contribution >= 4 is 16.8 Å². The van der Waals surface area contributed by atoms with Gasteiger partial charge in [0, 0.05) is 26.3 Å². The van der Waals surface area contributed by atoms with Crippen LogP contribution in [0.1, 0.15) is 49.0 Å². The molecule has 0 radical (unpaired) electrons. The van der Waals surface area contributed by atoms with E-state index in [1.807, 2.05) is 17.7 Å². The van der Waals surface area contributed by atoms with E-state index in [0.29, 0.717) is 11.1 Å². The average molecular weight is 301 g/mol. The van der Waals surface area contributed by atoms with Gasteiger partial charge in [0.15, 0.2) is 0 Å². The standard InChI is InChI=1S/C17H23N3O2/c1-19-10-9-14-13(17(19)22)11-15(20(14)2)16(21)18-12-7-5-3-4-6-8-12/h9-12H,3-8H2,1-2H3,(H,18,21). The van der Waals surface area contributed by atoms with Crippen molar-refractivity contribution in [2.45, 2.75) is 44.6 Å². The minimum Gasteiger partial charge on any atom is -0.348 e. The van der Waals surface area contributed by atoms with Gasteiger partial charge in [0.05, 0.1) is 10.9 Å². The maximum Gasteiger partial charge on any atom is 0.268 e. The monoisotopic (exact) mass is 301 g/mol. The first-order valence-electron chi connectivity index (χ1n) is 8.04. The van der Waals surface area contributed by atoms with Crippen LogP contribution in [0.4, 0.5) is 0 Å². The highest BCUT2D eigenvalue weighted by Crippen LogP contribution is 2.19. The zero-order valence-electron chi connectivity index (χ0n) is 13.3. The van der Waals surface area contributed by atoms with E-state index in [4.69, 9.17) is 0 Å². The van der Waals surface area contributed by atoms with Gasteiger partial charge in [0.1, 0.15) is 5.69 Å². The summed E-state index contributed by atoms with van der Waals surface area (Å²) in [6, 6.07) is 3.85. The van der Waals surface area contributed by atoms with E-state index in [2.05, 4.69) is 5.32 Å². The second-order valence-electron chi connectivity index (χ2n) is 6.28. The summed E-state index contributed by atoms with van der Waals surface area (Å²) in [5.74, 6) is -0.0762. The molecule has 2 aromatic heterocycles. The van der Waals surface area contributed by atoms with Crippen LogP contribution in [0.2, 0.25) is 0 Å². The average Bonchev–Trinajstić information content (AvgIpc) is 2.67. The summed E-state index contributed by atoms with van der Waals surface area (Å²) in [6.07, 6.45) is 8.72. The molecule has 0 unspecified atom stereocenters. The quantitative estimate of drug-likeness (QED) is 0.866. The van der Waals surface area contributed by atoms with Gasteiger partial charge in [-0.05, 0) is 25.0 Å². The van der Waals surface area contributed by atoms with Gasteiger partial charge in [-0.2, -0.15) is 0 Å². The summed E-state index contributed by atoms with van der Waals surface area (Å²) in [5.41, 5.74) is 1.29. The fourth-order valence-corrected chi connectivity index (χ4v) is 3.33. The molecule has 2 aromatic rings. The molecule has 1 amide bonds. The Balaban J connectivity index is 1.89. The predicted octanol–water partition coefficient (Wildman–Crippen LogP) is 2.33. The van der Waals surface area contributed by atoms with Crippen molar-refractivity contribution < 1.29 is 4.79 Å².